The van der Waals surface area contributed by atoms with Crippen molar-refractivity contribution in [1.29, 1.82) is 0 Å². The van der Waals surface area contributed by atoms with Crippen LogP contribution >= 0.6 is 0 Å². The summed E-state index contributed by atoms with van der Waals surface area (Å²) in [4.78, 5) is 15.9. The molecule has 0 aliphatic rings. The topological polar surface area (TPSA) is 35.6 Å². The van der Waals surface area contributed by atoms with Gasteiger partial charge in [-0.3, -0.25) is 4.79 Å². The first kappa shape index (κ1) is 16.5. The summed E-state index contributed by atoms with van der Waals surface area (Å²) in [5.74, 6) is 0.121. The number of nitrogens with zero attached hydrogens (tertiary/aromatic N) is 2. The van der Waals surface area contributed by atoms with Crippen LogP contribution < -0.4 is 10.2 Å². The number of rotatable bonds is 6. The van der Waals surface area contributed by atoms with Gasteiger partial charge < -0.3 is 15.1 Å². The highest BCUT2D eigenvalue weighted by Crippen LogP contribution is 2.21. The van der Waals surface area contributed by atoms with E-state index in [-0.39, 0.29) is 17.9 Å². The van der Waals surface area contributed by atoms with Crippen molar-refractivity contribution in [2.24, 2.45) is 5.92 Å². The van der Waals surface area contributed by atoms with Crippen LogP contribution in [-0.4, -0.2) is 45.5 Å². The number of carbonyl (C=O) groups excluding carboxylic acids is 1. The van der Waals surface area contributed by atoms with E-state index in [9.17, 15) is 4.79 Å². The molecule has 0 saturated carbocycles. The first-order chi connectivity index (χ1) is 9.32. The number of anilines is 1. The lowest BCUT2D eigenvalue weighted by Crippen LogP contribution is -2.36. The number of hydrogen-bond acceptors (Lipinski definition) is 3. The Morgan fingerprint density at radius 1 is 1.10 bits per heavy atom. The first-order valence-corrected chi connectivity index (χ1v) is 7.04. The smallest absolute Gasteiger partial charge is 0.222 e. The second kappa shape index (κ2) is 7.29. The molecule has 1 aromatic rings. The van der Waals surface area contributed by atoms with Gasteiger partial charge >= 0.3 is 0 Å². The van der Waals surface area contributed by atoms with Crippen LogP contribution in [0, 0.1) is 5.92 Å². The van der Waals surface area contributed by atoms with Gasteiger partial charge in [-0.25, -0.2) is 0 Å². The van der Waals surface area contributed by atoms with Crippen LogP contribution in [0.1, 0.15) is 25.5 Å². The molecule has 1 amide bonds. The van der Waals surface area contributed by atoms with Crippen molar-refractivity contribution < 1.29 is 4.79 Å². The number of nitrogens with one attached hydrogen (secondary N) is 1. The summed E-state index contributed by atoms with van der Waals surface area (Å²) in [6, 6.07) is 8.66. The molecule has 0 radical (unpaired) electrons. The quantitative estimate of drug-likeness (QED) is 0.865. The molecule has 1 rings (SSSR count). The van der Waals surface area contributed by atoms with E-state index >= 15 is 0 Å². The third-order valence-corrected chi connectivity index (χ3v) is 3.41. The van der Waals surface area contributed by atoms with Gasteiger partial charge in [-0.2, -0.15) is 0 Å². The minimum absolute atomic E-state index is 0.0222. The summed E-state index contributed by atoms with van der Waals surface area (Å²) in [5, 5.41) is 3.01. The van der Waals surface area contributed by atoms with Gasteiger partial charge in [0, 0.05) is 32.2 Å². The highest BCUT2D eigenvalue weighted by molar-refractivity contribution is 5.77. The van der Waals surface area contributed by atoms with Crippen molar-refractivity contribution in [3.63, 3.8) is 0 Å². The van der Waals surface area contributed by atoms with Crippen LogP contribution in [0.3, 0.4) is 0 Å². The van der Waals surface area contributed by atoms with Gasteiger partial charge in [-0.05, 0) is 31.8 Å². The summed E-state index contributed by atoms with van der Waals surface area (Å²) >= 11 is 0. The predicted molar refractivity (Wildman–Crippen MR) is 85.0 cm³/mol. The Balaban J connectivity index is 2.78. The third kappa shape index (κ3) is 4.53. The minimum Gasteiger partial charge on any atom is -0.378 e. The summed E-state index contributed by atoms with van der Waals surface area (Å²) in [7, 11) is 8.13. The first-order valence-electron chi connectivity index (χ1n) is 7.04. The molecule has 4 nitrogen and oxygen atoms in total. The molecule has 0 heterocycles. The monoisotopic (exact) mass is 277 g/mol. The molecule has 112 valence electrons. The Morgan fingerprint density at radius 3 is 2.05 bits per heavy atom. The fraction of sp³-hybridized carbons (Fsp3) is 0.562. The van der Waals surface area contributed by atoms with Gasteiger partial charge in [0.25, 0.3) is 0 Å². The number of amides is 1. The van der Waals surface area contributed by atoms with E-state index in [0.717, 1.165) is 0 Å². The molecule has 0 aliphatic carbocycles. The van der Waals surface area contributed by atoms with E-state index in [4.69, 9.17) is 0 Å². The van der Waals surface area contributed by atoms with E-state index in [1.807, 2.05) is 42.0 Å². The Labute approximate surface area is 122 Å². The second-order valence-corrected chi connectivity index (χ2v) is 5.87. The zero-order chi connectivity index (χ0) is 15.3. The van der Waals surface area contributed by atoms with Gasteiger partial charge in [-0.15, -0.1) is 0 Å². The Kier molecular flexibility index (Phi) is 6.02. The van der Waals surface area contributed by atoms with Gasteiger partial charge in [0.05, 0.1) is 6.04 Å². The van der Waals surface area contributed by atoms with Crippen molar-refractivity contribution in [2.45, 2.75) is 19.9 Å². The zero-order valence-electron chi connectivity index (χ0n) is 13.5. The molecule has 0 aliphatic heterocycles. The van der Waals surface area contributed by atoms with Crippen LogP contribution in [0.2, 0.25) is 0 Å². The maximum absolute atomic E-state index is 11.7. The Bertz CT molecular complexity index is 424. The number of benzene rings is 1. The standard InChI is InChI=1S/C16H27N3O/c1-12(2)16(20)17-11-15(19(5)6)13-7-9-14(10-8-13)18(3)4/h7-10,12,15H,11H2,1-6H3,(H,17,20)/t15-/m1/s1. The molecular formula is C16H27N3O. The normalized spacial score (nSPS) is 12.6. The molecule has 20 heavy (non-hydrogen) atoms. The lowest BCUT2D eigenvalue weighted by atomic mass is 10.0. The molecule has 0 aromatic heterocycles. The van der Waals surface area contributed by atoms with E-state index in [2.05, 4.69) is 39.4 Å². The maximum Gasteiger partial charge on any atom is 0.222 e. The summed E-state index contributed by atoms with van der Waals surface area (Å²) in [5.41, 5.74) is 2.39. The van der Waals surface area contributed by atoms with Crippen molar-refractivity contribution in [3.8, 4) is 0 Å². The molecule has 1 aromatic carbocycles. The fourth-order valence-corrected chi connectivity index (χ4v) is 1.99. The van der Waals surface area contributed by atoms with E-state index in [1.165, 1.54) is 11.3 Å². The van der Waals surface area contributed by atoms with Crippen molar-refractivity contribution >= 4 is 11.6 Å². The highest BCUT2D eigenvalue weighted by Gasteiger charge is 2.16. The molecule has 0 saturated heterocycles. The van der Waals surface area contributed by atoms with Crippen LogP contribution in [0.15, 0.2) is 24.3 Å². The second-order valence-electron chi connectivity index (χ2n) is 5.87. The highest BCUT2D eigenvalue weighted by atomic mass is 16.1. The molecular weight excluding hydrogens is 250 g/mol. The SMILES string of the molecule is CC(C)C(=O)NC[C@H](c1ccc(N(C)C)cc1)N(C)C. The van der Waals surface area contributed by atoms with Crippen LogP contribution in [-0.2, 0) is 4.79 Å². The molecule has 1 atom stereocenters. The van der Waals surface area contributed by atoms with Crippen LogP contribution in [0.5, 0.6) is 0 Å². The van der Waals surface area contributed by atoms with E-state index in [0.29, 0.717) is 6.54 Å². The van der Waals surface area contributed by atoms with Gasteiger partial charge in [0.15, 0.2) is 0 Å². The molecule has 0 fully saturated rings. The molecule has 0 spiro atoms. The van der Waals surface area contributed by atoms with Crippen LogP contribution in [0.25, 0.3) is 0 Å². The van der Waals surface area contributed by atoms with Gasteiger partial charge in [-0.1, -0.05) is 26.0 Å². The number of likely N-dealkylation sites (N-methyl/N-ethyl adjacent to an activating group) is 1. The Morgan fingerprint density at radius 2 is 1.65 bits per heavy atom. The minimum atomic E-state index is 0.0222. The zero-order valence-corrected chi connectivity index (χ0v) is 13.5. The van der Waals surface area contributed by atoms with Crippen LogP contribution in [0.4, 0.5) is 5.69 Å². The molecule has 0 unspecified atom stereocenters. The van der Waals surface area contributed by atoms with Crippen molar-refractivity contribution in [1.82, 2.24) is 10.2 Å². The average molecular weight is 277 g/mol. The average Bonchev–Trinajstić information content (AvgIpc) is 2.38. The van der Waals surface area contributed by atoms with Gasteiger partial charge in [0.1, 0.15) is 0 Å². The van der Waals surface area contributed by atoms with Crippen molar-refractivity contribution in [2.75, 3.05) is 39.6 Å². The summed E-state index contributed by atoms with van der Waals surface area (Å²) < 4.78 is 0. The maximum atomic E-state index is 11.7. The van der Waals surface area contributed by atoms with E-state index in [1.54, 1.807) is 0 Å². The largest absolute Gasteiger partial charge is 0.378 e. The summed E-state index contributed by atoms with van der Waals surface area (Å²) in [6.07, 6.45) is 0. The fourth-order valence-electron chi connectivity index (χ4n) is 1.99. The Hall–Kier alpha value is -1.55. The van der Waals surface area contributed by atoms with Crippen molar-refractivity contribution in [3.05, 3.63) is 29.8 Å². The molecule has 4 heteroatoms. The summed E-state index contributed by atoms with van der Waals surface area (Å²) in [6.45, 7) is 4.45. The molecule has 1 N–H and O–H groups in total. The lowest BCUT2D eigenvalue weighted by molar-refractivity contribution is -0.124. The number of carbonyl (C=O) groups is 1. The predicted octanol–water partition coefficient (Wildman–Crippen LogP) is 2.13. The number of hydrogen-bond donors (Lipinski definition) is 1. The van der Waals surface area contributed by atoms with Gasteiger partial charge in [0.2, 0.25) is 5.91 Å². The molecule has 0 bridgehead atoms. The lowest BCUT2D eigenvalue weighted by Gasteiger charge is -2.26. The van der Waals surface area contributed by atoms with E-state index < -0.39 is 0 Å². The third-order valence-electron chi connectivity index (χ3n) is 3.41.